The van der Waals surface area contributed by atoms with Gasteiger partial charge in [0.2, 0.25) is 0 Å². The van der Waals surface area contributed by atoms with Crippen molar-refractivity contribution in [3.8, 4) is 0 Å². The second-order valence-corrected chi connectivity index (χ2v) is 8.09. The number of carbonyl (C=O) groups excluding carboxylic acids is 2. The zero-order valence-corrected chi connectivity index (χ0v) is 19.9. The average molecular weight is 476 g/mol. The molecule has 0 aliphatic rings. The molecule has 1 atom stereocenters. The number of allylic oxidation sites excluding steroid dienone is 1. The minimum atomic E-state index is -5.01. The third kappa shape index (κ3) is 7.75. The smallest absolute Gasteiger partial charge is 0.454 e. The molecule has 0 aromatic heterocycles. The molecule has 0 heterocycles. The molecule has 0 fully saturated rings. The Morgan fingerprint density at radius 1 is 1.00 bits per heavy atom. The number of ether oxygens (including phenoxy) is 1. The van der Waals surface area contributed by atoms with Crippen LogP contribution in [0.2, 0.25) is 0 Å². The van der Waals surface area contributed by atoms with E-state index in [-0.39, 0.29) is 12.1 Å². The summed E-state index contributed by atoms with van der Waals surface area (Å²) in [6.45, 7) is 6.54. The third-order valence-electron chi connectivity index (χ3n) is 5.62. The number of anilines is 1. The first-order valence-corrected chi connectivity index (χ1v) is 11.6. The quantitative estimate of drug-likeness (QED) is 0.244. The fraction of sp³-hybridized carbons (Fsp3) is 0.407. The van der Waals surface area contributed by atoms with E-state index in [0.717, 1.165) is 25.7 Å². The van der Waals surface area contributed by atoms with Crippen LogP contribution in [0.1, 0.15) is 62.4 Å². The van der Waals surface area contributed by atoms with Crippen molar-refractivity contribution in [2.75, 3.05) is 18.1 Å². The fourth-order valence-electron chi connectivity index (χ4n) is 3.53. The molecule has 0 saturated carbocycles. The van der Waals surface area contributed by atoms with Gasteiger partial charge in [0.1, 0.15) is 0 Å². The Hall–Kier alpha value is -3.09. The van der Waals surface area contributed by atoms with Gasteiger partial charge < -0.3 is 9.64 Å². The maximum atomic E-state index is 13.3. The summed E-state index contributed by atoms with van der Waals surface area (Å²) >= 11 is 0. The monoisotopic (exact) mass is 475 g/mol. The Labute approximate surface area is 199 Å². The molecule has 0 aliphatic carbocycles. The van der Waals surface area contributed by atoms with Crippen LogP contribution < -0.4 is 4.90 Å². The second-order valence-electron chi connectivity index (χ2n) is 8.09. The minimum Gasteiger partial charge on any atom is -0.462 e. The van der Waals surface area contributed by atoms with Gasteiger partial charge >= 0.3 is 12.1 Å². The van der Waals surface area contributed by atoms with Gasteiger partial charge in [0.15, 0.2) is 0 Å². The zero-order valence-electron chi connectivity index (χ0n) is 19.9. The van der Waals surface area contributed by atoms with Crippen LogP contribution in [0.3, 0.4) is 0 Å². The molecule has 2 aromatic carbocycles. The number of hydrogen-bond acceptors (Lipinski definition) is 4. The van der Waals surface area contributed by atoms with Crippen LogP contribution in [0.25, 0.3) is 5.57 Å². The van der Waals surface area contributed by atoms with Crippen LogP contribution in [0, 0.1) is 5.92 Å². The number of carbonyl (C=O) groups is 2. The average Bonchev–Trinajstić information content (AvgIpc) is 2.84. The van der Waals surface area contributed by atoms with E-state index in [0.29, 0.717) is 23.8 Å². The first-order valence-electron chi connectivity index (χ1n) is 11.6. The number of halogens is 3. The summed E-state index contributed by atoms with van der Waals surface area (Å²) in [5, 5.41) is 0. The molecule has 0 spiro atoms. The van der Waals surface area contributed by atoms with Crippen molar-refractivity contribution in [3.05, 3.63) is 71.9 Å². The van der Waals surface area contributed by atoms with Crippen molar-refractivity contribution in [1.82, 2.24) is 0 Å². The number of alkyl halides is 3. The summed E-state index contributed by atoms with van der Waals surface area (Å²) in [7, 11) is 0. The largest absolute Gasteiger partial charge is 0.462 e. The van der Waals surface area contributed by atoms with E-state index in [1.54, 1.807) is 49.4 Å². The van der Waals surface area contributed by atoms with Gasteiger partial charge in [0, 0.05) is 18.4 Å². The maximum Gasteiger partial charge on any atom is 0.454 e. The van der Waals surface area contributed by atoms with Crippen LogP contribution in [0.4, 0.5) is 18.9 Å². The van der Waals surface area contributed by atoms with Crippen molar-refractivity contribution < 1.29 is 27.5 Å². The number of hydrogen-bond donors (Lipinski definition) is 0. The van der Waals surface area contributed by atoms with Crippen LogP contribution in [0.5, 0.6) is 0 Å². The molecule has 34 heavy (non-hydrogen) atoms. The van der Waals surface area contributed by atoms with Crippen LogP contribution in [0.15, 0.2) is 60.8 Å². The van der Waals surface area contributed by atoms with E-state index >= 15 is 0 Å². The van der Waals surface area contributed by atoms with Crippen LogP contribution in [-0.2, 0) is 9.53 Å². The topological polar surface area (TPSA) is 46.6 Å². The van der Waals surface area contributed by atoms with Gasteiger partial charge in [0.25, 0.3) is 5.78 Å². The van der Waals surface area contributed by atoms with Crippen LogP contribution in [-0.4, -0.2) is 31.1 Å². The number of ketones is 1. The Balaban J connectivity index is 2.30. The second kappa shape index (κ2) is 13.0. The standard InChI is InChI=1S/C27H32F3NO3/c1-4-7-12-20(5-2)19-34-26(33)22-15-11-16-23(17-22)31(6-3)18-24(25(32)27(28,29)30)21-13-9-8-10-14-21/h8-11,13-18,20H,4-7,12,19H2,1-3H3/b24-18+. The van der Waals surface area contributed by atoms with Gasteiger partial charge in [-0.3, -0.25) is 4.79 Å². The van der Waals surface area contributed by atoms with Gasteiger partial charge in [0.05, 0.1) is 17.7 Å². The molecule has 0 amide bonds. The molecule has 0 saturated heterocycles. The number of unbranched alkanes of at least 4 members (excludes halogenated alkanes) is 1. The Morgan fingerprint density at radius 3 is 2.26 bits per heavy atom. The number of esters is 1. The molecule has 0 N–H and O–H groups in total. The molecule has 7 heteroatoms. The maximum absolute atomic E-state index is 13.3. The summed E-state index contributed by atoms with van der Waals surface area (Å²) in [6.07, 6.45) is 0.230. The lowest BCUT2D eigenvalue weighted by Gasteiger charge is -2.22. The van der Waals surface area contributed by atoms with Gasteiger partial charge in [-0.1, -0.05) is 69.5 Å². The SMILES string of the molecule is CCCCC(CC)COC(=O)c1cccc(N(/C=C(/C(=O)C(F)(F)F)c2ccccc2)CC)c1. The van der Waals surface area contributed by atoms with Gasteiger partial charge in [-0.05, 0) is 43.0 Å². The normalized spacial score (nSPS) is 12.8. The lowest BCUT2D eigenvalue weighted by Crippen LogP contribution is -2.26. The van der Waals surface area contributed by atoms with Crippen molar-refractivity contribution in [2.24, 2.45) is 5.92 Å². The van der Waals surface area contributed by atoms with E-state index in [9.17, 15) is 22.8 Å². The lowest BCUT2D eigenvalue weighted by molar-refractivity contribution is -0.164. The molecule has 1 unspecified atom stereocenters. The number of benzene rings is 2. The van der Waals surface area contributed by atoms with Crippen LogP contribution >= 0.6 is 0 Å². The molecule has 0 aliphatic heterocycles. The van der Waals surface area contributed by atoms with E-state index in [1.165, 1.54) is 23.2 Å². The highest BCUT2D eigenvalue weighted by Gasteiger charge is 2.41. The molecule has 4 nitrogen and oxygen atoms in total. The molecule has 2 aromatic rings. The summed E-state index contributed by atoms with van der Waals surface area (Å²) in [4.78, 5) is 26.3. The number of rotatable bonds is 12. The van der Waals surface area contributed by atoms with Crippen molar-refractivity contribution >= 4 is 23.0 Å². The summed E-state index contributed by atoms with van der Waals surface area (Å²) in [5.74, 6) is -2.11. The van der Waals surface area contributed by atoms with E-state index in [4.69, 9.17) is 4.74 Å². The van der Waals surface area contributed by atoms with Crippen molar-refractivity contribution in [2.45, 2.75) is 52.6 Å². The lowest BCUT2D eigenvalue weighted by atomic mass is 10.0. The highest BCUT2D eigenvalue weighted by atomic mass is 19.4. The number of Topliss-reactive ketones (excluding diaryl/α,β-unsaturated/α-hetero) is 1. The fourth-order valence-corrected chi connectivity index (χ4v) is 3.53. The number of nitrogens with zero attached hydrogens (tertiary/aromatic N) is 1. The van der Waals surface area contributed by atoms with Gasteiger partial charge in [-0.15, -0.1) is 0 Å². The predicted octanol–water partition coefficient (Wildman–Crippen LogP) is 7.06. The molecular formula is C27H32F3NO3. The highest BCUT2D eigenvalue weighted by molar-refractivity contribution is 6.23. The van der Waals surface area contributed by atoms with E-state index in [2.05, 4.69) is 13.8 Å². The van der Waals surface area contributed by atoms with Gasteiger partial charge in [-0.25, -0.2) is 4.79 Å². The Kier molecular flexibility index (Phi) is 10.4. The van der Waals surface area contributed by atoms with E-state index in [1.807, 2.05) is 0 Å². The summed E-state index contributed by atoms with van der Waals surface area (Å²) in [5.41, 5.74) is 0.484. The zero-order chi connectivity index (χ0) is 25.1. The summed E-state index contributed by atoms with van der Waals surface area (Å²) < 4.78 is 45.4. The predicted molar refractivity (Wildman–Crippen MR) is 129 cm³/mol. The first-order chi connectivity index (χ1) is 16.2. The third-order valence-corrected chi connectivity index (χ3v) is 5.62. The molecule has 0 radical (unpaired) electrons. The molecule has 2 rings (SSSR count). The molecular weight excluding hydrogens is 443 g/mol. The Bertz CT molecular complexity index is 971. The highest BCUT2D eigenvalue weighted by Crippen LogP contribution is 2.29. The Morgan fingerprint density at radius 2 is 1.68 bits per heavy atom. The molecule has 184 valence electrons. The first kappa shape index (κ1) is 27.2. The van der Waals surface area contributed by atoms with Crippen molar-refractivity contribution in [3.63, 3.8) is 0 Å². The van der Waals surface area contributed by atoms with E-state index < -0.39 is 23.5 Å². The van der Waals surface area contributed by atoms with Gasteiger partial charge in [-0.2, -0.15) is 13.2 Å². The summed E-state index contributed by atoms with van der Waals surface area (Å²) in [6, 6.07) is 14.2. The molecule has 0 bridgehead atoms. The minimum absolute atomic E-state index is 0.163. The van der Waals surface area contributed by atoms with Crippen molar-refractivity contribution in [1.29, 1.82) is 0 Å².